The second-order valence-corrected chi connectivity index (χ2v) is 4.07. The fourth-order valence-electron chi connectivity index (χ4n) is 1.87. The van der Waals surface area contributed by atoms with E-state index in [0.29, 0.717) is 5.75 Å². The Morgan fingerprint density at radius 3 is 2.77 bits per heavy atom. The molecular formula is C10H11BrO2. The standard InChI is InChI=1S/C10H11BrO2/c1-13-9-5-8(11)10(12)7-4-2-3-6(7)9/h5,12H,2-4H2,1H3. The van der Waals surface area contributed by atoms with Crippen LogP contribution in [0.5, 0.6) is 11.5 Å². The molecule has 1 aliphatic rings. The minimum Gasteiger partial charge on any atom is -0.506 e. The number of hydrogen-bond donors (Lipinski definition) is 1. The molecule has 0 atom stereocenters. The van der Waals surface area contributed by atoms with Gasteiger partial charge < -0.3 is 9.84 Å². The maximum Gasteiger partial charge on any atom is 0.133 e. The first-order valence-electron chi connectivity index (χ1n) is 4.31. The predicted octanol–water partition coefficient (Wildman–Crippen LogP) is 2.65. The molecule has 0 fully saturated rings. The topological polar surface area (TPSA) is 29.5 Å². The van der Waals surface area contributed by atoms with Crippen molar-refractivity contribution in [3.8, 4) is 11.5 Å². The van der Waals surface area contributed by atoms with Crippen LogP contribution in [-0.2, 0) is 12.8 Å². The molecule has 1 aromatic carbocycles. The molecule has 1 aromatic rings. The molecule has 3 heteroatoms. The highest BCUT2D eigenvalue weighted by Crippen LogP contribution is 2.41. The Labute approximate surface area is 85.7 Å². The van der Waals surface area contributed by atoms with E-state index in [1.807, 2.05) is 6.07 Å². The molecule has 0 aliphatic heterocycles. The van der Waals surface area contributed by atoms with Gasteiger partial charge in [0, 0.05) is 11.1 Å². The molecular weight excluding hydrogens is 232 g/mol. The number of aromatic hydroxyl groups is 1. The van der Waals surface area contributed by atoms with Gasteiger partial charge in [0.05, 0.1) is 11.6 Å². The summed E-state index contributed by atoms with van der Waals surface area (Å²) >= 11 is 3.31. The Hall–Kier alpha value is -0.700. The van der Waals surface area contributed by atoms with Gasteiger partial charge in [0.15, 0.2) is 0 Å². The summed E-state index contributed by atoms with van der Waals surface area (Å²) in [5.41, 5.74) is 2.22. The second kappa shape index (κ2) is 3.22. The number of hydrogen-bond acceptors (Lipinski definition) is 2. The van der Waals surface area contributed by atoms with Crippen LogP contribution >= 0.6 is 15.9 Å². The van der Waals surface area contributed by atoms with Gasteiger partial charge in [-0.15, -0.1) is 0 Å². The third kappa shape index (κ3) is 1.31. The molecule has 0 radical (unpaired) electrons. The maximum atomic E-state index is 9.74. The van der Waals surface area contributed by atoms with E-state index in [1.165, 1.54) is 5.56 Å². The van der Waals surface area contributed by atoms with Crippen molar-refractivity contribution in [1.82, 2.24) is 0 Å². The number of benzene rings is 1. The van der Waals surface area contributed by atoms with Crippen LogP contribution in [0.3, 0.4) is 0 Å². The van der Waals surface area contributed by atoms with Gasteiger partial charge in [-0.25, -0.2) is 0 Å². The predicted molar refractivity (Wildman–Crippen MR) is 54.4 cm³/mol. The Morgan fingerprint density at radius 2 is 2.08 bits per heavy atom. The summed E-state index contributed by atoms with van der Waals surface area (Å²) in [4.78, 5) is 0. The highest BCUT2D eigenvalue weighted by Gasteiger charge is 2.21. The molecule has 0 heterocycles. The average Bonchev–Trinajstić information content (AvgIpc) is 2.60. The van der Waals surface area contributed by atoms with E-state index in [2.05, 4.69) is 15.9 Å². The molecule has 0 saturated heterocycles. The number of phenolic OH excluding ortho intramolecular Hbond substituents is 1. The van der Waals surface area contributed by atoms with Gasteiger partial charge >= 0.3 is 0 Å². The summed E-state index contributed by atoms with van der Waals surface area (Å²) in [6, 6.07) is 1.83. The molecule has 2 nitrogen and oxygen atoms in total. The fourth-order valence-corrected chi connectivity index (χ4v) is 2.32. The lowest BCUT2D eigenvalue weighted by Crippen LogP contribution is -1.92. The molecule has 0 amide bonds. The first kappa shape index (κ1) is 8.88. The highest BCUT2D eigenvalue weighted by atomic mass is 79.9. The number of methoxy groups -OCH3 is 1. The van der Waals surface area contributed by atoms with Crippen molar-refractivity contribution in [2.75, 3.05) is 7.11 Å². The zero-order valence-corrected chi connectivity index (χ0v) is 9.02. The van der Waals surface area contributed by atoms with E-state index in [1.54, 1.807) is 7.11 Å². The molecule has 2 rings (SSSR count). The minimum absolute atomic E-state index is 0.383. The SMILES string of the molecule is COc1cc(Br)c(O)c2c1CCC2. The van der Waals surface area contributed by atoms with Gasteiger partial charge in [-0.05, 0) is 41.3 Å². The van der Waals surface area contributed by atoms with Crippen molar-refractivity contribution in [3.63, 3.8) is 0 Å². The number of fused-ring (bicyclic) bond motifs is 1. The van der Waals surface area contributed by atoms with E-state index >= 15 is 0 Å². The molecule has 0 spiro atoms. The average molecular weight is 243 g/mol. The smallest absolute Gasteiger partial charge is 0.133 e. The van der Waals surface area contributed by atoms with Crippen molar-refractivity contribution in [2.45, 2.75) is 19.3 Å². The van der Waals surface area contributed by atoms with Crippen LogP contribution in [0.1, 0.15) is 17.5 Å². The summed E-state index contributed by atoms with van der Waals surface area (Å²) in [5, 5.41) is 9.74. The van der Waals surface area contributed by atoms with Gasteiger partial charge in [0.25, 0.3) is 0 Å². The third-order valence-corrected chi connectivity index (χ3v) is 3.11. The number of halogens is 1. The fraction of sp³-hybridized carbons (Fsp3) is 0.400. The zero-order chi connectivity index (χ0) is 9.42. The van der Waals surface area contributed by atoms with Crippen LogP contribution in [0.2, 0.25) is 0 Å². The molecule has 0 bridgehead atoms. The molecule has 0 aromatic heterocycles. The van der Waals surface area contributed by atoms with Gasteiger partial charge in [0.1, 0.15) is 11.5 Å². The Kier molecular flexibility index (Phi) is 2.20. The van der Waals surface area contributed by atoms with Crippen molar-refractivity contribution in [1.29, 1.82) is 0 Å². The van der Waals surface area contributed by atoms with E-state index in [-0.39, 0.29) is 0 Å². The van der Waals surface area contributed by atoms with Crippen LogP contribution in [0.4, 0.5) is 0 Å². The van der Waals surface area contributed by atoms with Crippen LogP contribution < -0.4 is 4.74 Å². The van der Waals surface area contributed by atoms with Crippen LogP contribution in [0.25, 0.3) is 0 Å². The minimum atomic E-state index is 0.383. The summed E-state index contributed by atoms with van der Waals surface area (Å²) < 4.78 is 5.98. The lowest BCUT2D eigenvalue weighted by molar-refractivity contribution is 0.406. The maximum absolute atomic E-state index is 9.74. The van der Waals surface area contributed by atoms with Gasteiger partial charge in [0.2, 0.25) is 0 Å². The lowest BCUT2D eigenvalue weighted by atomic mass is 10.1. The van der Waals surface area contributed by atoms with Crippen molar-refractivity contribution in [2.24, 2.45) is 0 Å². The van der Waals surface area contributed by atoms with Crippen molar-refractivity contribution < 1.29 is 9.84 Å². The number of ether oxygens (including phenoxy) is 1. The first-order chi connectivity index (χ1) is 6.24. The third-order valence-electron chi connectivity index (χ3n) is 2.51. The van der Waals surface area contributed by atoms with E-state index in [0.717, 1.165) is 35.0 Å². The summed E-state index contributed by atoms with van der Waals surface area (Å²) in [5.74, 6) is 1.27. The monoisotopic (exact) mass is 242 g/mol. The Bertz CT molecular complexity index is 347. The van der Waals surface area contributed by atoms with Crippen LogP contribution in [0, 0.1) is 0 Å². The van der Waals surface area contributed by atoms with Crippen LogP contribution in [0.15, 0.2) is 10.5 Å². The van der Waals surface area contributed by atoms with E-state index in [9.17, 15) is 5.11 Å². The van der Waals surface area contributed by atoms with Crippen LogP contribution in [-0.4, -0.2) is 12.2 Å². The molecule has 0 unspecified atom stereocenters. The molecule has 13 heavy (non-hydrogen) atoms. The van der Waals surface area contributed by atoms with Gasteiger partial charge in [-0.3, -0.25) is 0 Å². The highest BCUT2D eigenvalue weighted by molar-refractivity contribution is 9.10. The first-order valence-corrected chi connectivity index (χ1v) is 5.10. The van der Waals surface area contributed by atoms with E-state index < -0.39 is 0 Å². The number of rotatable bonds is 1. The van der Waals surface area contributed by atoms with Crippen molar-refractivity contribution >= 4 is 15.9 Å². The van der Waals surface area contributed by atoms with Gasteiger partial charge in [-0.2, -0.15) is 0 Å². The zero-order valence-electron chi connectivity index (χ0n) is 7.43. The van der Waals surface area contributed by atoms with Crippen molar-refractivity contribution in [3.05, 3.63) is 21.7 Å². The summed E-state index contributed by atoms with van der Waals surface area (Å²) in [6.07, 6.45) is 3.08. The van der Waals surface area contributed by atoms with Gasteiger partial charge in [-0.1, -0.05) is 0 Å². The number of phenols is 1. The quantitative estimate of drug-likeness (QED) is 0.821. The molecule has 0 saturated carbocycles. The molecule has 1 N–H and O–H groups in total. The lowest BCUT2D eigenvalue weighted by Gasteiger charge is -2.10. The Morgan fingerprint density at radius 1 is 1.38 bits per heavy atom. The largest absolute Gasteiger partial charge is 0.506 e. The Balaban J connectivity index is 2.64. The normalized spacial score (nSPS) is 14.3. The molecule has 1 aliphatic carbocycles. The second-order valence-electron chi connectivity index (χ2n) is 3.22. The summed E-state index contributed by atoms with van der Waals surface area (Å²) in [7, 11) is 1.66. The summed E-state index contributed by atoms with van der Waals surface area (Å²) in [6.45, 7) is 0. The van der Waals surface area contributed by atoms with E-state index in [4.69, 9.17) is 4.74 Å². The molecule has 70 valence electrons.